The predicted molar refractivity (Wildman–Crippen MR) is 74.8 cm³/mol. The number of carboxylic acids is 1. The number of rotatable bonds is 7. The normalized spacial score (nSPS) is 10.3. The van der Waals surface area contributed by atoms with Crippen LogP contribution in [0.25, 0.3) is 0 Å². The number of carbonyl (C=O) groups excluding carboxylic acids is 2. The summed E-state index contributed by atoms with van der Waals surface area (Å²) in [7, 11) is 1.67. The number of carbonyl (C=O) groups is 3. The van der Waals surface area contributed by atoms with Crippen LogP contribution in [0.15, 0.2) is 24.3 Å². The lowest BCUT2D eigenvalue weighted by Gasteiger charge is -2.15. The summed E-state index contributed by atoms with van der Waals surface area (Å²) in [5.74, 6) is -1.31. The number of nitrogens with one attached hydrogen (secondary N) is 1. The standard InChI is InChI=1S/C14H18N2O4/c1-10(17)11-5-3-4-6-12(11)15-13(18)9-16(2)8-7-14(19)20/h3-6H,7-9H2,1-2H3,(H,15,18)(H,19,20). The first kappa shape index (κ1) is 15.8. The maximum Gasteiger partial charge on any atom is 0.304 e. The van der Waals surface area contributed by atoms with Gasteiger partial charge in [0.05, 0.1) is 18.7 Å². The Labute approximate surface area is 117 Å². The van der Waals surface area contributed by atoms with Gasteiger partial charge in [0.1, 0.15) is 0 Å². The van der Waals surface area contributed by atoms with E-state index in [4.69, 9.17) is 5.11 Å². The average Bonchev–Trinajstić information content (AvgIpc) is 2.36. The molecule has 0 aliphatic rings. The Morgan fingerprint density at radius 2 is 1.90 bits per heavy atom. The summed E-state index contributed by atoms with van der Waals surface area (Å²) in [5, 5.41) is 11.2. The Hall–Kier alpha value is -2.21. The van der Waals surface area contributed by atoms with Crippen LogP contribution in [0.2, 0.25) is 0 Å². The molecule has 1 aromatic rings. The van der Waals surface area contributed by atoms with E-state index in [2.05, 4.69) is 5.32 Å². The van der Waals surface area contributed by atoms with Gasteiger partial charge in [0, 0.05) is 12.1 Å². The Bertz CT molecular complexity index is 514. The van der Waals surface area contributed by atoms with Gasteiger partial charge in [0.15, 0.2) is 5.78 Å². The zero-order chi connectivity index (χ0) is 15.1. The largest absolute Gasteiger partial charge is 0.481 e. The molecule has 20 heavy (non-hydrogen) atoms. The number of hydrogen-bond donors (Lipinski definition) is 2. The van der Waals surface area contributed by atoms with E-state index in [1.165, 1.54) is 6.92 Å². The highest BCUT2D eigenvalue weighted by atomic mass is 16.4. The minimum atomic E-state index is -0.904. The number of anilines is 1. The zero-order valence-electron chi connectivity index (χ0n) is 11.5. The first-order valence-corrected chi connectivity index (χ1v) is 6.20. The molecule has 0 fully saturated rings. The van der Waals surface area contributed by atoms with Crippen molar-refractivity contribution in [1.82, 2.24) is 4.90 Å². The van der Waals surface area contributed by atoms with Gasteiger partial charge in [0.2, 0.25) is 5.91 Å². The van der Waals surface area contributed by atoms with Crippen molar-refractivity contribution >= 4 is 23.3 Å². The van der Waals surface area contributed by atoms with Crippen molar-refractivity contribution in [2.45, 2.75) is 13.3 Å². The van der Waals surface area contributed by atoms with Crippen molar-refractivity contribution in [3.8, 4) is 0 Å². The first-order valence-electron chi connectivity index (χ1n) is 6.20. The minimum absolute atomic E-state index is 0.0200. The summed E-state index contributed by atoms with van der Waals surface area (Å²) in [5.41, 5.74) is 0.922. The summed E-state index contributed by atoms with van der Waals surface area (Å²) in [6, 6.07) is 6.76. The van der Waals surface area contributed by atoms with Gasteiger partial charge in [-0.25, -0.2) is 0 Å². The summed E-state index contributed by atoms with van der Waals surface area (Å²) in [6.45, 7) is 1.79. The number of para-hydroxylation sites is 1. The molecule has 0 spiro atoms. The summed E-state index contributed by atoms with van der Waals surface area (Å²) < 4.78 is 0. The summed E-state index contributed by atoms with van der Waals surface area (Å²) in [4.78, 5) is 35.3. The lowest BCUT2D eigenvalue weighted by molar-refractivity contribution is -0.137. The maximum absolute atomic E-state index is 11.8. The van der Waals surface area contributed by atoms with Crippen LogP contribution in [0.5, 0.6) is 0 Å². The molecule has 0 saturated heterocycles. The molecular weight excluding hydrogens is 260 g/mol. The van der Waals surface area contributed by atoms with Crippen LogP contribution in [0, 0.1) is 0 Å². The number of hydrogen-bond acceptors (Lipinski definition) is 4. The second-order valence-corrected chi connectivity index (χ2v) is 4.53. The number of aliphatic carboxylic acids is 1. The topological polar surface area (TPSA) is 86.7 Å². The fourth-order valence-electron chi connectivity index (χ4n) is 1.70. The monoisotopic (exact) mass is 278 g/mol. The molecule has 0 bridgehead atoms. The molecule has 0 aliphatic carbocycles. The van der Waals surface area contributed by atoms with E-state index in [9.17, 15) is 14.4 Å². The van der Waals surface area contributed by atoms with Crippen LogP contribution in [-0.4, -0.2) is 47.8 Å². The maximum atomic E-state index is 11.8. The molecule has 6 nitrogen and oxygen atoms in total. The number of Topliss-reactive ketones (excluding diaryl/α,β-unsaturated/α-hetero) is 1. The van der Waals surface area contributed by atoms with E-state index in [0.717, 1.165) is 0 Å². The Morgan fingerprint density at radius 1 is 1.25 bits per heavy atom. The van der Waals surface area contributed by atoms with E-state index in [1.54, 1.807) is 36.2 Å². The number of benzene rings is 1. The third kappa shape index (κ3) is 5.19. The predicted octanol–water partition coefficient (Wildman–Crippen LogP) is 1.23. The van der Waals surface area contributed by atoms with Crippen LogP contribution >= 0.6 is 0 Å². The molecule has 0 saturated carbocycles. The van der Waals surface area contributed by atoms with E-state index < -0.39 is 5.97 Å². The van der Waals surface area contributed by atoms with E-state index in [1.807, 2.05) is 0 Å². The van der Waals surface area contributed by atoms with Crippen molar-refractivity contribution in [3.05, 3.63) is 29.8 Å². The quantitative estimate of drug-likeness (QED) is 0.733. The van der Waals surface area contributed by atoms with Crippen LogP contribution in [0.3, 0.4) is 0 Å². The van der Waals surface area contributed by atoms with Gasteiger partial charge in [-0.3, -0.25) is 19.3 Å². The fraction of sp³-hybridized carbons (Fsp3) is 0.357. The molecule has 1 rings (SSSR count). The van der Waals surface area contributed by atoms with Crippen molar-refractivity contribution in [2.75, 3.05) is 25.5 Å². The number of ketones is 1. The van der Waals surface area contributed by atoms with Crippen molar-refractivity contribution < 1.29 is 19.5 Å². The highest BCUT2D eigenvalue weighted by Crippen LogP contribution is 2.15. The van der Waals surface area contributed by atoms with Crippen LogP contribution < -0.4 is 5.32 Å². The Balaban J connectivity index is 2.58. The van der Waals surface area contributed by atoms with Crippen molar-refractivity contribution in [3.63, 3.8) is 0 Å². The molecule has 0 unspecified atom stereocenters. The fourth-order valence-corrected chi connectivity index (χ4v) is 1.70. The molecule has 0 radical (unpaired) electrons. The summed E-state index contributed by atoms with van der Waals surface area (Å²) >= 11 is 0. The Kier molecular flexibility index (Phi) is 5.86. The van der Waals surface area contributed by atoms with Gasteiger partial charge in [-0.2, -0.15) is 0 Å². The van der Waals surface area contributed by atoms with Gasteiger partial charge >= 0.3 is 5.97 Å². The molecule has 108 valence electrons. The highest BCUT2D eigenvalue weighted by molar-refractivity contribution is 6.04. The summed E-state index contributed by atoms with van der Waals surface area (Å²) in [6.07, 6.45) is -0.0200. The average molecular weight is 278 g/mol. The lowest BCUT2D eigenvalue weighted by atomic mass is 10.1. The van der Waals surface area contributed by atoms with Gasteiger partial charge in [-0.05, 0) is 26.1 Å². The van der Waals surface area contributed by atoms with Gasteiger partial charge in [-0.1, -0.05) is 12.1 Å². The number of nitrogens with zero attached hydrogens (tertiary/aromatic N) is 1. The number of carboxylic acid groups (broad SMARTS) is 1. The molecule has 1 aromatic carbocycles. The highest BCUT2D eigenvalue weighted by Gasteiger charge is 2.11. The van der Waals surface area contributed by atoms with Crippen molar-refractivity contribution in [2.24, 2.45) is 0 Å². The molecule has 0 heterocycles. The molecule has 1 amide bonds. The van der Waals surface area contributed by atoms with E-state index >= 15 is 0 Å². The van der Waals surface area contributed by atoms with E-state index in [0.29, 0.717) is 11.3 Å². The molecule has 6 heteroatoms. The molecular formula is C14H18N2O4. The number of amides is 1. The van der Waals surface area contributed by atoms with Crippen LogP contribution in [0.4, 0.5) is 5.69 Å². The third-order valence-corrected chi connectivity index (χ3v) is 2.70. The van der Waals surface area contributed by atoms with Crippen molar-refractivity contribution in [1.29, 1.82) is 0 Å². The second-order valence-electron chi connectivity index (χ2n) is 4.53. The Morgan fingerprint density at radius 3 is 2.50 bits per heavy atom. The first-order chi connectivity index (χ1) is 9.40. The zero-order valence-corrected chi connectivity index (χ0v) is 11.5. The minimum Gasteiger partial charge on any atom is -0.481 e. The molecule has 0 aliphatic heterocycles. The third-order valence-electron chi connectivity index (χ3n) is 2.70. The van der Waals surface area contributed by atoms with Gasteiger partial charge < -0.3 is 10.4 Å². The van der Waals surface area contributed by atoms with Crippen LogP contribution in [-0.2, 0) is 9.59 Å². The van der Waals surface area contributed by atoms with Gasteiger partial charge in [0.25, 0.3) is 0 Å². The molecule has 0 atom stereocenters. The lowest BCUT2D eigenvalue weighted by Crippen LogP contribution is -2.32. The number of likely N-dealkylation sites (N-methyl/N-ethyl adjacent to an activating group) is 1. The molecule has 2 N–H and O–H groups in total. The SMILES string of the molecule is CC(=O)c1ccccc1NC(=O)CN(C)CCC(=O)O. The van der Waals surface area contributed by atoms with Gasteiger partial charge in [-0.15, -0.1) is 0 Å². The second kappa shape index (κ2) is 7.40. The van der Waals surface area contributed by atoms with Crippen LogP contribution in [0.1, 0.15) is 23.7 Å². The smallest absolute Gasteiger partial charge is 0.304 e. The molecule has 0 aromatic heterocycles. The van der Waals surface area contributed by atoms with E-state index in [-0.39, 0.29) is 31.2 Å².